The lowest BCUT2D eigenvalue weighted by Gasteiger charge is -2.51. The van der Waals surface area contributed by atoms with Gasteiger partial charge in [0.25, 0.3) is 0 Å². The van der Waals surface area contributed by atoms with Gasteiger partial charge in [-0.05, 0) is 18.8 Å². The molecule has 0 unspecified atom stereocenters. The molecule has 4 heteroatoms. The third kappa shape index (κ3) is 2.38. The Bertz CT molecular complexity index is 270. The predicted octanol–water partition coefficient (Wildman–Crippen LogP) is 0.924. The van der Waals surface area contributed by atoms with Gasteiger partial charge in [-0.3, -0.25) is 9.69 Å². The summed E-state index contributed by atoms with van der Waals surface area (Å²) in [4.78, 5) is 13.4. The van der Waals surface area contributed by atoms with Crippen LogP contribution >= 0.6 is 0 Å². The number of hydrogen-bond acceptors (Lipinski definition) is 3. The van der Waals surface area contributed by atoms with Crippen LogP contribution in [0.4, 0.5) is 0 Å². The van der Waals surface area contributed by atoms with Crippen molar-refractivity contribution in [1.29, 1.82) is 0 Å². The van der Waals surface area contributed by atoms with Gasteiger partial charge in [0.1, 0.15) is 0 Å². The average molecular weight is 226 g/mol. The average Bonchev–Trinajstić information content (AvgIpc) is 2.90. The highest BCUT2D eigenvalue weighted by atomic mass is 16.4. The first-order valence-electron chi connectivity index (χ1n) is 6.23. The molecule has 2 aliphatic rings. The van der Waals surface area contributed by atoms with Crippen molar-refractivity contribution in [1.82, 2.24) is 10.2 Å². The molecule has 0 amide bonds. The second-order valence-electron chi connectivity index (χ2n) is 5.68. The van der Waals surface area contributed by atoms with E-state index in [2.05, 4.69) is 24.1 Å². The van der Waals surface area contributed by atoms with Gasteiger partial charge < -0.3 is 10.4 Å². The lowest BCUT2D eigenvalue weighted by Crippen LogP contribution is -2.70. The number of aliphatic carboxylic acids is 1. The minimum Gasteiger partial charge on any atom is -0.481 e. The first-order valence-corrected chi connectivity index (χ1v) is 6.23. The highest BCUT2D eigenvalue weighted by Gasteiger charge is 2.49. The monoisotopic (exact) mass is 226 g/mol. The summed E-state index contributed by atoms with van der Waals surface area (Å²) in [6, 6.07) is 0.642. The van der Waals surface area contributed by atoms with Crippen LogP contribution in [0.3, 0.4) is 0 Å². The number of carboxylic acids is 1. The van der Waals surface area contributed by atoms with Crippen LogP contribution in [-0.2, 0) is 4.79 Å². The van der Waals surface area contributed by atoms with Gasteiger partial charge in [-0.2, -0.15) is 0 Å². The summed E-state index contributed by atoms with van der Waals surface area (Å²) in [5.41, 5.74) is -0.0999. The van der Waals surface area contributed by atoms with Crippen molar-refractivity contribution in [2.45, 2.75) is 44.7 Å². The maximum absolute atomic E-state index is 11.0. The molecule has 16 heavy (non-hydrogen) atoms. The van der Waals surface area contributed by atoms with Crippen molar-refractivity contribution in [3.05, 3.63) is 0 Å². The Morgan fingerprint density at radius 3 is 2.44 bits per heavy atom. The maximum Gasteiger partial charge on any atom is 0.305 e. The molecule has 0 atom stereocenters. The van der Waals surface area contributed by atoms with Crippen molar-refractivity contribution in [2.24, 2.45) is 5.92 Å². The van der Waals surface area contributed by atoms with Crippen molar-refractivity contribution < 1.29 is 9.90 Å². The van der Waals surface area contributed by atoms with Crippen LogP contribution in [0.2, 0.25) is 0 Å². The molecule has 1 heterocycles. The van der Waals surface area contributed by atoms with Gasteiger partial charge in [0, 0.05) is 25.7 Å². The Kier molecular flexibility index (Phi) is 3.22. The molecule has 1 aliphatic heterocycles. The summed E-state index contributed by atoms with van der Waals surface area (Å²) in [5, 5.41) is 12.3. The third-order valence-corrected chi connectivity index (χ3v) is 3.55. The summed E-state index contributed by atoms with van der Waals surface area (Å²) in [5.74, 6) is -0.0669. The van der Waals surface area contributed by atoms with E-state index in [-0.39, 0.29) is 12.0 Å². The molecule has 4 nitrogen and oxygen atoms in total. The van der Waals surface area contributed by atoms with Gasteiger partial charge in [-0.15, -0.1) is 0 Å². The molecule has 1 saturated heterocycles. The number of rotatable bonds is 6. The first kappa shape index (κ1) is 11.9. The topological polar surface area (TPSA) is 52.6 Å². The SMILES string of the molecule is CC(C)CN(C1CC1)C1(CC(=O)O)CNC1. The lowest BCUT2D eigenvalue weighted by molar-refractivity contribution is -0.142. The largest absolute Gasteiger partial charge is 0.481 e. The summed E-state index contributed by atoms with van der Waals surface area (Å²) in [6.07, 6.45) is 2.77. The molecule has 0 radical (unpaired) electrons. The molecule has 0 bridgehead atoms. The molecule has 0 aromatic rings. The fourth-order valence-corrected chi connectivity index (χ4v) is 2.63. The summed E-state index contributed by atoms with van der Waals surface area (Å²) in [7, 11) is 0. The Labute approximate surface area is 97.0 Å². The van der Waals surface area contributed by atoms with Crippen molar-refractivity contribution in [2.75, 3.05) is 19.6 Å². The van der Waals surface area contributed by atoms with E-state index in [1.807, 2.05) is 0 Å². The van der Waals surface area contributed by atoms with E-state index in [1.54, 1.807) is 0 Å². The molecule has 2 rings (SSSR count). The van der Waals surface area contributed by atoms with Gasteiger partial charge in [0.2, 0.25) is 0 Å². The van der Waals surface area contributed by atoms with E-state index in [4.69, 9.17) is 5.11 Å². The molecule has 0 aromatic carbocycles. The Hall–Kier alpha value is -0.610. The Balaban J connectivity index is 2.06. The van der Waals surface area contributed by atoms with Crippen LogP contribution in [-0.4, -0.2) is 47.2 Å². The number of carbonyl (C=O) groups is 1. The zero-order valence-corrected chi connectivity index (χ0v) is 10.2. The molecular formula is C12H22N2O2. The molecule has 2 N–H and O–H groups in total. The van der Waals surface area contributed by atoms with Crippen LogP contribution in [0.25, 0.3) is 0 Å². The number of hydrogen-bond donors (Lipinski definition) is 2. The van der Waals surface area contributed by atoms with E-state index >= 15 is 0 Å². The van der Waals surface area contributed by atoms with Crippen LogP contribution in [0, 0.1) is 5.92 Å². The first-order chi connectivity index (χ1) is 7.53. The normalized spacial score (nSPS) is 23.5. The van der Waals surface area contributed by atoms with Gasteiger partial charge >= 0.3 is 5.97 Å². The van der Waals surface area contributed by atoms with Gasteiger partial charge in [0.15, 0.2) is 0 Å². The summed E-state index contributed by atoms with van der Waals surface area (Å²) in [6.45, 7) is 7.11. The molecule has 1 aliphatic carbocycles. The maximum atomic E-state index is 11.0. The molecule has 0 spiro atoms. The molecule has 2 fully saturated rings. The highest BCUT2D eigenvalue weighted by Crippen LogP contribution is 2.37. The van der Waals surface area contributed by atoms with E-state index in [1.165, 1.54) is 12.8 Å². The fourth-order valence-electron chi connectivity index (χ4n) is 2.63. The van der Waals surface area contributed by atoms with Gasteiger partial charge in [-0.25, -0.2) is 0 Å². The number of nitrogens with zero attached hydrogens (tertiary/aromatic N) is 1. The highest BCUT2D eigenvalue weighted by molar-refractivity contribution is 5.69. The van der Waals surface area contributed by atoms with Crippen molar-refractivity contribution >= 4 is 5.97 Å². The standard InChI is InChI=1S/C12H22N2O2/c1-9(2)6-14(10-3-4-10)12(5-11(15)16)7-13-8-12/h9-10,13H,3-8H2,1-2H3,(H,15,16). The van der Waals surface area contributed by atoms with E-state index in [0.717, 1.165) is 19.6 Å². The number of carboxylic acid groups (broad SMARTS) is 1. The van der Waals surface area contributed by atoms with E-state index in [9.17, 15) is 4.79 Å². The quantitative estimate of drug-likeness (QED) is 0.707. The van der Waals surface area contributed by atoms with Crippen molar-refractivity contribution in [3.63, 3.8) is 0 Å². The van der Waals surface area contributed by atoms with Gasteiger partial charge in [0.05, 0.1) is 12.0 Å². The van der Waals surface area contributed by atoms with Crippen LogP contribution in [0.15, 0.2) is 0 Å². The lowest BCUT2D eigenvalue weighted by atomic mass is 9.85. The third-order valence-electron chi connectivity index (χ3n) is 3.55. The van der Waals surface area contributed by atoms with Crippen LogP contribution in [0.1, 0.15) is 33.1 Å². The van der Waals surface area contributed by atoms with Gasteiger partial charge in [-0.1, -0.05) is 13.8 Å². The molecule has 92 valence electrons. The Morgan fingerprint density at radius 1 is 1.50 bits per heavy atom. The predicted molar refractivity (Wildman–Crippen MR) is 62.4 cm³/mol. The van der Waals surface area contributed by atoms with E-state index < -0.39 is 5.97 Å². The van der Waals surface area contributed by atoms with Crippen LogP contribution in [0.5, 0.6) is 0 Å². The van der Waals surface area contributed by atoms with E-state index in [0.29, 0.717) is 12.0 Å². The smallest absolute Gasteiger partial charge is 0.305 e. The zero-order valence-electron chi connectivity index (χ0n) is 10.2. The summed E-state index contributed by atoms with van der Waals surface area (Å²) < 4.78 is 0. The van der Waals surface area contributed by atoms with Crippen LogP contribution < -0.4 is 5.32 Å². The van der Waals surface area contributed by atoms with Crippen molar-refractivity contribution in [3.8, 4) is 0 Å². The Morgan fingerprint density at radius 2 is 2.12 bits per heavy atom. The second-order valence-corrected chi connectivity index (χ2v) is 5.68. The fraction of sp³-hybridized carbons (Fsp3) is 0.917. The second kappa shape index (κ2) is 4.34. The molecular weight excluding hydrogens is 204 g/mol. The number of nitrogens with one attached hydrogen (secondary N) is 1. The molecule has 1 saturated carbocycles. The summed E-state index contributed by atoms with van der Waals surface area (Å²) >= 11 is 0. The zero-order chi connectivity index (χ0) is 11.8. The minimum atomic E-state index is -0.670. The molecule has 0 aromatic heterocycles. The minimum absolute atomic E-state index is 0.0999.